The van der Waals surface area contributed by atoms with Gasteiger partial charge in [0.15, 0.2) is 4.32 Å². The minimum atomic E-state index is -0.375. The van der Waals surface area contributed by atoms with Crippen molar-refractivity contribution in [2.75, 3.05) is 0 Å². The number of carbonyl (C=O) groups excluding carboxylic acids is 2. The number of rotatable bonds is 4. The quantitative estimate of drug-likeness (QED) is 0.639. The van der Waals surface area contributed by atoms with Crippen LogP contribution in [-0.4, -0.2) is 21.1 Å². The highest BCUT2D eigenvalue weighted by Crippen LogP contribution is 2.31. The van der Waals surface area contributed by atoms with Crippen LogP contribution in [0.4, 0.5) is 0 Å². The highest BCUT2D eigenvalue weighted by atomic mass is 32.2. The van der Waals surface area contributed by atoms with Gasteiger partial charge in [0.05, 0.1) is 4.91 Å². The summed E-state index contributed by atoms with van der Waals surface area (Å²) in [6.45, 7) is 1.92. The zero-order chi connectivity index (χ0) is 18.5. The van der Waals surface area contributed by atoms with E-state index in [0.29, 0.717) is 14.8 Å². The zero-order valence-electron chi connectivity index (χ0n) is 14.0. The highest BCUT2D eigenvalue weighted by Gasteiger charge is 2.33. The largest absolute Gasteiger partial charge is 0.285 e. The van der Waals surface area contributed by atoms with Gasteiger partial charge in [0.1, 0.15) is 0 Å². The normalized spacial score (nSPS) is 16.3. The highest BCUT2D eigenvalue weighted by molar-refractivity contribution is 8.26. The maximum atomic E-state index is 12.6. The zero-order valence-corrected chi connectivity index (χ0v) is 15.6. The SMILES string of the molecule is CC(=C\c1ccccc1)/C=C1/SC(=S)N(NC(=O)c2ccccc2)C1=O. The van der Waals surface area contributed by atoms with E-state index in [-0.39, 0.29) is 11.8 Å². The second kappa shape index (κ2) is 8.12. The molecule has 0 spiro atoms. The lowest BCUT2D eigenvalue weighted by atomic mass is 10.1. The fourth-order valence-corrected chi connectivity index (χ4v) is 3.61. The fourth-order valence-electron chi connectivity index (χ4n) is 2.38. The third kappa shape index (κ3) is 4.28. The molecule has 0 radical (unpaired) electrons. The van der Waals surface area contributed by atoms with E-state index in [1.807, 2.05) is 49.4 Å². The molecule has 2 aromatic rings. The van der Waals surface area contributed by atoms with Crippen LogP contribution in [0.1, 0.15) is 22.8 Å². The Morgan fingerprint density at radius 2 is 1.69 bits per heavy atom. The first-order valence-electron chi connectivity index (χ1n) is 7.92. The van der Waals surface area contributed by atoms with Crippen LogP contribution >= 0.6 is 24.0 Å². The fraction of sp³-hybridized carbons (Fsp3) is 0.0500. The van der Waals surface area contributed by atoms with Gasteiger partial charge in [-0.1, -0.05) is 66.4 Å². The Labute approximate surface area is 161 Å². The number of hydrogen-bond acceptors (Lipinski definition) is 4. The Morgan fingerprint density at radius 3 is 2.35 bits per heavy atom. The van der Waals surface area contributed by atoms with Crippen LogP contribution in [0.5, 0.6) is 0 Å². The molecule has 2 aromatic carbocycles. The van der Waals surface area contributed by atoms with Gasteiger partial charge in [-0.2, -0.15) is 5.01 Å². The van der Waals surface area contributed by atoms with Crippen molar-refractivity contribution >= 4 is 46.2 Å². The smallest absolute Gasteiger partial charge is 0.267 e. The molecule has 0 bridgehead atoms. The predicted molar refractivity (Wildman–Crippen MR) is 109 cm³/mol. The number of benzene rings is 2. The molecular weight excluding hydrogens is 364 g/mol. The Hall–Kier alpha value is -2.70. The van der Waals surface area contributed by atoms with Crippen molar-refractivity contribution < 1.29 is 9.59 Å². The van der Waals surface area contributed by atoms with Gasteiger partial charge in [0.25, 0.3) is 11.8 Å². The van der Waals surface area contributed by atoms with Gasteiger partial charge in [-0.3, -0.25) is 15.0 Å². The molecule has 1 heterocycles. The molecule has 4 nitrogen and oxygen atoms in total. The molecule has 0 unspecified atom stereocenters. The Bertz CT molecular complexity index is 906. The minimum Gasteiger partial charge on any atom is -0.267 e. The number of carbonyl (C=O) groups is 2. The molecule has 0 aliphatic carbocycles. The van der Waals surface area contributed by atoms with Gasteiger partial charge in [0, 0.05) is 5.56 Å². The second-order valence-corrected chi connectivity index (χ2v) is 7.30. The maximum Gasteiger partial charge on any atom is 0.285 e. The molecule has 1 N–H and O–H groups in total. The van der Waals surface area contributed by atoms with E-state index in [1.54, 1.807) is 30.3 Å². The number of hydrogen-bond donors (Lipinski definition) is 1. The molecule has 2 amide bonds. The molecule has 3 rings (SSSR count). The lowest BCUT2D eigenvalue weighted by Crippen LogP contribution is -2.44. The van der Waals surface area contributed by atoms with Crippen LogP contribution in [0, 0.1) is 0 Å². The third-order valence-corrected chi connectivity index (χ3v) is 4.90. The molecule has 0 aromatic heterocycles. The summed E-state index contributed by atoms with van der Waals surface area (Å²) < 4.78 is 0.304. The van der Waals surface area contributed by atoms with Gasteiger partial charge in [-0.05, 0) is 48.5 Å². The van der Waals surface area contributed by atoms with E-state index in [9.17, 15) is 9.59 Å². The van der Waals surface area contributed by atoms with E-state index < -0.39 is 0 Å². The molecule has 130 valence electrons. The third-order valence-electron chi connectivity index (χ3n) is 3.60. The number of nitrogens with one attached hydrogen (secondary N) is 1. The van der Waals surface area contributed by atoms with E-state index in [4.69, 9.17) is 12.2 Å². The summed E-state index contributed by atoms with van der Waals surface area (Å²) in [4.78, 5) is 25.3. The van der Waals surface area contributed by atoms with Crippen molar-refractivity contribution in [1.29, 1.82) is 0 Å². The summed E-state index contributed by atoms with van der Waals surface area (Å²) in [5.41, 5.74) is 5.01. The second-order valence-electron chi connectivity index (χ2n) is 5.62. The van der Waals surface area contributed by atoms with Crippen molar-refractivity contribution in [2.24, 2.45) is 0 Å². The first-order valence-corrected chi connectivity index (χ1v) is 9.14. The Kier molecular flexibility index (Phi) is 5.65. The van der Waals surface area contributed by atoms with Crippen molar-refractivity contribution in [3.05, 3.63) is 88.3 Å². The van der Waals surface area contributed by atoms with Crippen LogP contribution in [0.15, 0.2) is 77.2 Å². The van der Waals surface area contributed by atoms with Crippen LogP contribution in [0.25, 0.3) is 6.08 Å². The van der Waals surface area contributed by atoms with E-state index in [1.165, 1.54) is 11.8 Å². The number of thiocarbonyl (C=S) groups is 1. The minimum absolute atomic E-state index is 0.304. The van der Waals surface area contributed by atoms with E-state index >= 15 is 0 Å². The van der Waals surface area contributed by atoms with Crippen molar-refractivity contribution in [3.63, 3.8) is 0 Å². The number of hydrazine groups is 1. The molecule has 1 aliphatic rings. The van der Waals surface area contributed by atoms with E-state index in [2.05, 4.69) is 5.43 Å². The van der Waals surface area contributed by atoms with Crippen molar-refractivity contribution in [3.8, 4) is 0 Å². The molecule has 0 saturated carbocycles. The molecular formula is C20H16N2O2S2. The summed E-state index contributed by atoms with van der Waals surface area (Å²) >= 11 is 6.41. The van der Waals surface area contributed by atoms with Crippen LogP contribution in [0.3, 0.4) is 0 Å². The van der Waals surface area contributed by atoms with Crippen LogP contribution < -0.4 is 5.43 Å². The lowest BCUT2D eigenvalue weighted by molar-refractivity contribution is -0.123. The lowest BCUT2D eigenvalue weighted by Gasteiger charge is -2.15. The topological polar surface area (TPSA) is 49.4 Å². The summed E-state index contributed by atoms with van der Waals surface area (Å²) in [6.07, 6.45) is 3.76. The standard InChI is InChI=1S/C20H16N2O2S2/c1-14(12-15-8-4-2-5-9-15)13-17-19(24)22(20(25)26-17)21-18(23)16-10-6-3-7-11-16/h2-13H,1H3,(H,21,23)/b14-12+,17-13+. The summed E-state index contributed by atoms with van der Waals surface area (Å²) in [5, 5.41) is 1.12. The maximum absolute atomic E-state index is 12.6. The van der Waals surface area contributed by atoms with Crippen molar-refractivity contribution in [2.45, 2.75) is 6.92 Å². The first kappa shape index (κ1) is 18.1. The molecule has 6 heteroatoms. The number of amides is 2. The summed E-state index contributed by atoms with van der Waals surface area (Å²) in [5.74, 6) is -0.704. The van der Waals surface area contributed by atoms with E-state index in [0.717, 1.165) is 16.1 Å². The molecule has 1 saturated heterocycles. The predicted octanol–water partition coefficient (Wildman–Crippen LogP) is 4.18. The molecule has 1 aliphatic heterocycles. The van der Waals surface area contributed by atoms with Crippen molar-refractivity contribution in [1.82, 2.24) is 10.4 Å². The molecule has 1 fully saturated rings. The van der Waals surface area contributed by atoms with Gasteiger partial charge < -0.3 is 0 Å². The monoisotopic (exact) mass is 380 g/mol. The first-order chi connectivity index (χ1) is 12.5. The van der Waals surface area contributed by atoms with Gasteiger partial charge >= 0.3 is 0 Å². The average Bonchev–Trinajstić information content (AvgIpc) is 2.90. The van der Waals surface area contributed by atoms with Gasteiger partial charge in [-0.25, -0.2) is 0 Å². The number of nitrogens with zero attached hydrogens (tertiary/aromatic N) is 1. The molecule has 0 atom stereocenters. The van der Waals surface area contributed by atoms with Crippen LogP contribution in [-0.2, 0) is 4.79 Å². The Morgan fingerprint density at radius 1 is 1.08 bits per heavy atom. The van der Waals surface area contributed by atoms with Crippen LogP contribution in [0.2, 0.25) is 0 Å². The Balaban J connectivity index is 1.74. The summed E-state index contributed by atoms with van der Waals surface area (Å²) in [7, 11) is 0. The van der Waals surface area contributed by atoms with Gasteiger partial charge in [-0.15, -0.1) is 0 Å². The average molecular weight is 380 g/mol. The number of thioether (sulfide) groups is 1. The molecule has 26 heavy (non-hydrogen) atoms. The summed E-state index contributed by atoms with van der Waals surface area (Å²) in [6, 6.07) is 18.5. The van der Waals surface area contributed by atoms with Gasteiger partial charge in [0.2, 0.25) is 0 Å². The number of allylic oxidation sites excluding steroid dienone is 2.